The monoisotopic (exact) mass is 346 g/mol. The molecular formula is C13H15BrO4S. The molecule has 0 saturated carbocycles. The Bertz CT molecular complexity index is 452. The van der Waals surface area contributed by atoms with Gasteiger partial charge >= 0.3 is 5.97 Å². The summed E-state index contributed by atoms with van der Waals surface area (Å²) in [7, 11) is 1.38. The molecule has 1 aromatic rings. The molecule has 0 amide bonds. The molecule has 0 N–H and O–H groups in total. The van der Waals surface area contributed by atoms with Gasteiger partial charge in [-0.25, -0.2) is 0 Å². The predicted octanol–water partition coefficient (Wildman–Crippen LogP) is 2.88. The fourth-order valence-electron chi connectivity index (χ4n) is 1.60. The molecule has 1 heterocycles. The van der Waals surface area contributed by atoms with E-state index in [2.05, 4.69) is 20.7 Å². The molecule has 6 heteroatoms. The van der Waals surface area contributed by atoms with Gasteiger partial charge in [0.25, 0.3) is 0 Å². The van der Waals surface area contributed by atoms with Crippen molar-refractivity contribution in [3.05, 3.63) is 18.2 Å². The highest BCUT2D eigenvalue weighted by molar-refractivity contribution is 9.10. The first-order valence-electron chi connectivity index (χ1n) is 5.95. The Balaban J connectivity index is 1.98. The lowest BCUT2D eigenvalue weighted by Gasteiger charge is -2.10. The van der Waals surface area contributed by atoms with E-state index in [4.69, 9.17) is 9.47 Å². The van der Waals surface area contributed by atoms with Crippen molar-refractivity contribution in [1.29, 1.82) is 0 Å². The molecule has 1 aliphatic rings. The average molecular weight is 347 g/mol. The van der Waals surface area contributed by atoms with E-state index in [1.165, 1.54) is 7.11 Å². The van der Waals surface area contributed by atoms with Gasteiger partial charge in [0.1, 0.15) is 4.83 Å². The van der Waals surface area contributed by atoms with Gasteiger partial charge in [0.15, 0.2) is 11.5 Å². The molecular weight excluding hydrogens is 332 g/mol. The van der Waals surface area contributed by atoms with E-state index in [1.807, 2.05) is 18.2 Å². The minimum atomic E-state index is -0.307. The van der Waals surface area contributed by atoms with Crippen molar-refractivity contribution >= 4 is 33.7 Å². The largest absolute Gasteiger partial charge is 0.490 e. The molecule has 0 fully saturated rings. The number of esters is 1. The molecule has 0 saturated heterocycles. The molecule has 1 aliphatic heterocycles. The van der Waals surface area contributed by atoms with Crippen LogP contribution in [0, 0.1) is 0 Å². The quantitative estimate of drug-likeness (QED) is 0.476. The number of carbonyl (C=O) groups is 1. The van der Waals surface area contributed by atoms with E-state index >= 15 is 0 Å². The average Bonchev–Trinajstić information content (AvgIpc) is 2.68. The van der Waals surface area contributed by atoms with Crippen LogP contribution in [-0.4, -0.2) is 36.9 Å². The number of benzene rings is 1. The van der Waals surface area contributed by atoms with Crippen molar-refractivity contribution in [2.75, 3.05) is 26.1 Å². The number of hydrogen-bond acceptors (Lipinski definition) is 5. The highest BCUT2D eigenvalue weighted by atomic mass is 79.9. The third-order valence-electron chi connectivity index (χ3n) is 2.57. The van der Waals surface area contributed by atoms with E-state index in [9.17, 15) is 4.79 Å². The van der Waals surface area contributed by atoms with Gasteiger partial charge in [-0.2, -0.15) is 0 Å². The van der Waals surface area contributed by atoms with E-state index in [0.29, 0.717) is 19.0 Å². The Morgan fingerprint density at radius 1 is 1.42 bits per heavy atom. The number of hydrogen-bond donors (Lipinski definition) is 0. The van der Waals surface area contributed by atoms with Gasteiger partial charge in [-0.05, 0) is 18.2 Å². The molecule has 104 valence electrons. The highest BCUT2D eigenvalue weighted by Crippen LogP contribution is 2.34. The maximum Gasteiger partial charge on any atom is 0.320 e. The summed E-state index contributed by atoms with van der Waals surface area (Å²) >= 11 is 4.87. The van der Waals surface area contributed by atoms with E-state index < -0.39 is 0 Å². The van der Waals surface area contributed by atoms with Gasteiger partial charge in [0.2, 0.25) is 0 Å². The topological polar surface area (TPSA) is 44.8 Å². The molecule has 4 nitrogen and oxygen atoms in total. The lowest BCUT2D eigenvalue weighted by Crippen LogP contribution is -2.17. The highest BCUT2D eigenvalue weighted by Gasteiger charge is 2.16. The van der Waals surface area contributed by atoms with Crippen LogP contribution in [0.15, 0.2) is 23.1 Å². The van der Waals surface area contributed by atoms with Crippen molar-refractivity contribution in [1.82, 2.24) is 0 Å². The number of fused-ring (bicyclic) bond motifs is 1. The Kier molecular flexibility index (Phi) is 5.39. The summed E-state index contributed by atoms with van der Waals surface area (Å²) in [5.74, 6) is 1.89. The molecule has 0 spiro atoms. The minimum absolute atomic E-state index is 0.262. The molecule has 2 rings (SSSR count). The molecule has 0 aromatic heterocycles. The Hall–Kier alpha value is -0.880. The minimum Gasteiger partial charge on any atom is -0.490 e. The number of methoxy groups -OCH3 is 1. The summed E-state index contributed by atoms with van der Waals surface area (Å²) < 4.78 is 15.9. The summed E-state index contributed by atoms with van der Waals surface area (Å²) in [4.78, 5) is 12.0. The maximum absolute atomic E-state index is 11.3. The van der Waals surface area contributed by atoms with Gasteiger partial charge in [0, 0.05) is 17.1 Å². The maximum atomic E-state index is 11.3. The molecule has 19 heavy (non-hydrogen) atoms. The van der Waals surface area contributed by atoms with E-state index in [0.717, 1.165) is 22.8 Å². The number of rotatable bonds is 4. The first-order valence-corrected chi connectivity index (χ1v) is 7.85. The molecule has 0 bridgehead atoms. The Morgan fingerprint density at radius 2 is 2.16 bits per heavy atom. The summed E-state index contributed by atoms with van der Waals surface area (Å²) in [5.41, 5.74) is 0. The zero-order chi connectivity index (χ0) is 13.7. The number of thioether (sulfide) groups is 1. The van der Waals surface area contributed by atoms with Gasteiger partial charge in [-0.1, -0.05) is 15.9 Å². The lowest BCUT2D eigenvalue weighted by molar-refractivity contribution is -0.139. The Labute approximate surface area is 124 Å². The number of ether oxygens (including phenoxy) is 3. The van der Waals surface area contributed by atoms with Gasteiger partial charge in [-0.3, -0.25) is 4.79 Å². The second-order valence-corrected chi connectivity index (χ2v) is 6.16. The van der Waals surface area contributed by atoms with Crippen molar-refractivity contribution in [2.45, 2.75) is 16.1 Å². The van der Waals surface area contributed by atoms with E-state index in [-0.39, 0.29) is 10.8 Å². The van der Waals surface area contributed by atoms with Crippen LogP contribution in [0.1, 0.15) is 6.42 Å². The van der Waals surface area contributed by atoms with Crippen LogP contribution in [0.5, 0.6) is 11.5 Å². The smallest absolute Gasteiger partial charge is 0.320 e. The number of alkyl halides is 1. The standard InChI is InChI=1S/C13H15BrO4S/c1-16-13(15)10(14)8-19-9-3-4-11-12(7-9)18-6-2-5-17-11/h3-4,7,10H,2,5-6,8H2,1H3. The van der Waals surface area contributed by atoms with Crippen molar-refractivity contribution in [3.8, 4) is 11.5 Å². The van der Waals surface area contributed by atoms with Crippen LogP contribution in [0.2, 0.25) is 0 Å². The second-order valence-electron chi connectivity index (χ2n) is 3.96. The lowest BCUT2D eigenvalue weighted by atomic mass is 10.3. The normalized spacial score (nSPS) is 15.5. The Morgan fingerprint density at radius 3 is 2.89 bits per heavy atom. The zero-order valence-corrected chi connectivity index (χ0v) is 13.0. The fourth-order valence-corrected chi connectivity index (χ4v) is 3.01. The third kappa shape index (κ3) is 4.04. The molecule has 1 aromatic carbocycles. The van der Waals surface area contributed by atoms with Crippen LogP contribution in [0.25, 0.3) is 0 Å². The van der Waals surface area contributed by atoms with E-state index in [1.54, 1.807) is 11.8 Å². The summed E-state index contributed by atoms with van der Waals surface area (Å²) in [6.07, 6.45) is 0.892. The van der Waals surface area contributed by atoms with Gasteiger partial charge < -0.3 is 14.2 Å². The zero-order valence-electron chi connectivity index (χ0n) is 10.6. The molecule has 1 atom stereocenters. The molecule has 1 unspecified atom stereocenters. The summed E-state index contributed by atoms with van der Waals surface area (Å²) in [5, 5.41) is 0. The summed E-state index contributed by atoms with van der Waals surface area (Å²) in [6, 6.07) is 5.82. The second kappa shape index (κ2) is 7.05. The first kappa shape index (κ1) is 14.5. The SMILES string of the molecule is COC(=O)C(Br)CSc1ccc2c(c1)OCCCO2. The van der Waals surface area contributed by atoms with Crippen LogP contribution in [-0.2, 0) is 9.53 Å². The van der Waals surface area contributed by atoms with Crippen molar-refractivity contribution in [2.24, 2.45) is 0 Å². The summed E-state index contributed by atoms with van der Waals surface area (Å²) in [6.45, 7) is 1.36. The predicted molar refractivity (Wildman–Crippen MR) is 77.5 cm³/mol. The molecule has 0 radical (unpaired) electrons. The fraction of sp³-hybridized carbons (Fsp3) is 0.462. The van der Waals surface area contributed by atoms with Crippen LogP contribution in [0.4, 0.5) is 0 Å². The number of carbonyl (C=O) groups excluding carboxylic acids is 1. The molecule has 0 aliphatic carbocycles. The van der Waals surface area contributed by atoms with Gasteiger partial charge in [-0.15, -0.1) is 11.8 Å². The first-order chi connectivity index (χ1) is 9.20. The third-order valence-corrected chi connectivity index (χ3v) is 4.79. The van der Waals surface area contributed by atoms with Gasteiger partial charge in [0.05, 0.1) is 20.3 Å². The van der Waals surface area contributed by atoms with Crippen molar-refractivity contribution in [3.63, 3.8) is 0 Å². The van der Waals surface area contributed by atoms with Crippen molar-refractivity contribution < 1.29 is 19.0 Å². The van der Waals surface area contributed by atoms with Crippen LogP contribution in [0.3, 0.4) is 0 Å². The van der Waals surface area contributed by atoms with Crippen LogP contribution < -0.4 is 9.47 Å². The number of halogens is 1. The van der Waals surface area contributed by atoms with Crippen LogP contribution >= 0.6 is 27.7 Å².